The molecule has 0 aromatic carbocycles. The van der Waals surface area contributed by atoms with Crippen LogP contribution in [0.1, 0.15) is 54.5 Å². The van der Waals surface area contributed by atoms with Gasteiger partial charge in [-0.3, -0.25) is 4.79 Å². The lowest BCUT2D eigenvalue weighted by Crippen LogP contribution is -2.38. The van der Waals surface area contributed by atoms with Crippen molar-refractivity contribution in [3.8, 4) is 6.07 Å². The highest BCUT2D eigenvalue weighted by Gasteiger charge is 2.39. The third-order valence-corrected chi connectivity index (χ3v) is 7.05. The number of fused-ring (bicyclic) bond motifs is 3. The van der Waals surface area contributed by atoms with E-state index >= 15 is 0 Å². The van der Waals surface area contributed by atoms with E-state index in [1.54, 1.807) is 11.3 Å². The van der Waals surface area contributed by atoms with Crippen LogP contribution in [-0.4, -0.2) is 11.8 Å². The van der Waals surface area contributed by atoms with Gasteiger partial charge in [0.05, 0.1) is 5.56 Å². The van der Waals surface area contributed by atoms with Crippen LogP contribution in [0.4, 0.5) is 5.00 Å². The fourth-order valence-corrected chi connectivity index (χ4v) is 5.49. The number of thiophene rings is 1. The molecule has 23 heavy (non-hydrogen) atoms. The zero-order chi connectivity index (χ0) is 16.4. The predicted molar refractivity (Wildman–Crippen MR) is 95.0 cm³/mol. The molecule has 3 fully saturated rings. The van der Waals surface area contributed by atoms with Gasteiger partial charge in [-0.25, -0.2) is 0 Å². The lowest BCUT2D eigenvalue weighted by molar-refractivity contribution is -0.124. The zero-order valence-corrected chi connectivity index (χ0v) is 15.1. The SMILES string of the molecule is Cc1c(CCCCl)sc(NC(=O)C2CC3CCC2CC3)c1C#N. The first-order valence-electron chi connectivity index (χ1n) is 8.53. The van der Waals surface area contributed by atoms with Crippen LogP contribution < -0.4 is 5.32 Å². The number of halogens is 1. The van der Waals surface area contributed by atoms with Gasteiger partial charge in [-0.1, -0.05) is 12.8 Å². The number of carbonyl (C=O) groups excluding carboxylic acids is 1. The molecule has 3 aliphatic rings. The summed E-state index contributed by atoms with van der Waals surface area (Å²) in [5.41, 5.74) is 1.64. The smallest absolute Gasteiger partial charge is 0.228 e. The molecular formula is C18H23ClN2OS. The molecule has 3 nitrogen and oxygen atoms in total. The number of alkyl halides is 1. The molecule has 0 spiro atoms. The first-order valence-corrected chi connectivity index (χ1v) is 9.88. The van der Waals surface area contributed by atoms with Crippen LogP contribution in [0.25, 0.3) is 0 Å². The summed E-state index contributed by atoms with van der Waals surface area (Å²) in [5, 5.41) is 13.3. The van der Waals surface area contributed by atoms with Gasteiger partial charge in [-0.15, -0.1) is 22.9 Å². The highest BCUT2D eigenvalue weighted by Crippen LogP contribution is 2.45. The summed E-state index contributed by atoms with van der Waals surface area (Å²) in [6.07, 6.45) is 7.77. The van der Waals surface area contributed by atoms with Gasteiger partial charge >= 0.3 is 0 Å². The number of aryl methyl sites for hydroxylation is 1. The largest absolute Gasteiger partial charge is 0.316 e. The minimum Gasteiger partial charge on any atom is -0.316 e. The van der Waals surface area contributed by atoms with Crippen LogP contribution >= 0.6 is 22.9 Å². The normalized spacial score (nSPS) is 26.0. The van der Waals surface area contributed by atoms with E-state index in [2.05, 4.69) is 11.4 Å². The second-order valence-electron chi connectivity index (χ2n) is 6.87. The molecule has 0 saturated heterocycles. The predicted octanol–water partition coefficient (Wildman–Crippen LogP) is 4.86. The summed E-state index contributed by atoms with van der Waals surface area (Å²) >= 11 is 7.33. The van der Waals surface area contributed by atoms with Crippen molar-refractivity contribution in [2.75, 3.05) is 11.2 Å². The third-order valence-electron chi connectivity index (χ3n) is 5.52. The Morgan fingerprint density at radius 2 is 2.13 bits per heavy atom. The number of hydrogen-bond acceptors (Lipinski definition) is 3. The topological polar surface area (TPSA) is 52.9 Å². The van der Waals surface area contributed by atoms with Crippen LogP contribution in [-0.2, 0) is 11.2 Å². The molecule has 4 rings (SSSR count). The minimum atomic E-state index is 0.126. The van der Waals surface area contributed by atoms with Crippen molar-refractivity contribution in [1.29, 1.82) is 5.26 Å². The van der Waals surface area contributed by atoms with Gasteiger partial charge in [0.15, 0.2) is 0 Å². The van der Waals surface area contributed by atoms with Gasteiger partial charge in [0.25, 0.3) is 0 Å². The quantitative estimate of drug-likeness (QED) is 0.770. The third kappa shape index (κ3) is 3.41. The minimum absolute atomic E-state index is 0.126. The molecule has 124 valence electrons. The number of hydrogen-bond donors (Lipinski definition) is 1. The maximum Gasteiger partial charge on any atom is 0.228 e. The maximum absolute atomic E-state index is 12.7. The second-order valence-corrected chi connectivity index (χ2v) is 8.35. The van der Waals surface area contributed by atoms with Crippen molar-refractivity contribution in [3.63, 3.8) is 0 Å². The monoisotopic (exact) mass is 350 g/mol. The Labute approximate surface area is 147 Å². The molecule has 1 N–H and O–H groups in total. The van der Waals surface area contributed by atoms with Crippen LogP contribution in [0.15, 0.2) is 0 Å². The van der Waals surface area contributed by atoms with Crippen molar-refractivity contribution in [2.45, 2.75) is 51.9 Å². The fraction of sp³-hybridized carbons (Fsp3) is 0.667. The molecular weight excluding hydrogens is 328 g/mol. The molecule has 0 radical (unpaired) electrons. The van der Waals surface area contributed by atoms with Gasteiger partial charge in [0.2, 0.25) is 5.91 Å². The van der Waals surface area contributed by atoms with E-state index in [-0.39, 0.29) is 11.8 Å². The molecule has 1 aromatic heterocycles. The van der Waals surface area contributed by atoms with Gasteiger partial charge in [0.1, 0.15) is 11.1 Å². The van der Waals surface area contributed by atoms with Crippen molar-refractivity contribution < 1.29 is 4.79 Å². The average Bonchev–Trinajstić information content (AvgIpc) is 2.88. The van der Waals surface area contributed by atoms with E-state index in [1.807, 2.05) is 6.92 Å². The Morgan fingerprint density at radius 1 is 1.39 bits per heavy atom. The summed E-state index contributed by atoms with van der Waals surface area (Å²) in [4.78, 5) is 13.9. The van der Waals surface area contributed by atoms with Crippen molar-refractivity contribution in [1.82, 2.24) is 0 Å². The average molecular weight is 351 g/mol. The highest BCUT2D eigenvalue weighted by atomic mass is 35.5. The maximum atomic E-state index is 12.7. The molecule has 3 aliphatic carbocycles. The van der Waals surface area contributed by atoms with Gasteiger partial charge in [-0.05, 0) is 56.4 Å². The molecule has 1 aromatic rings. The molecule has 2 bridgehead atoms. The Balaban J connectivity index is 1.74. The van der Waals surface area contributed by atoms with Crippen molar-refractivity contribution in [2.24, 2.45) is 17.8 Å². The summed E-state index contributed by atoms with van der Waals surface area (Å²) in [6, 6.07) is 2.27. The molecule has 0 aliphatic heterocycles. The number of carbonyl (C=O) groups is 1. The summed E-state index contributed by atoms with van der Waals surface area (Å²) in [7, 11) is 0. The molecule has 1 unspecified atom stereocenters. The van der Waals surface area contributed by atoms with E-state index < -0.39 is 0 Å². The Bertz CT molecular complexity index is 626. The number of nitriles is 1. The Kier molecular flexibility index (Phi) is 5.28. The lowest BCUT2D eigenvalue weighted by Gasteiger charge is -2.41. The highest BCUT2D eigenvalue weighted by molar-refractivity contribution is 7.16. The zero-order valence-electron chi connectivity index (χ0n) is 13.5. The van der Waals surface area contributed by atoms with Crippen LogP contribution in [0, 0.1) is 36.0 Å². The van der Waals surface area contributed by atoms with E-state index in [4.69, 9.17) is 11.6 Å². The number of nitrogens with zero attached hydrogens (tertiary/aromatic N) is 1. The van der Waals surface area contributed by atoms with Gasteiger partial charge in [0, 0.05) is 16.7 Å². The van der Waals surface area contributed by atoms with Crippen molar-refractivity contribution >= 4 is 33.8 Å². The number of anilines is 1. The fourth-order valence-electron chi connectivity index (χ4n) is 4.15. The first kappa shape index (κ1) is 16.8. The summed E-state index contributed by atoms with van der Waals surface area (Å²) in [6.45, 7) is 1.97. The van der Waals surface area contributed by atoms with Gasteiger partial charge < -0.3 is 5.32 Å². The summed E-state index contributed by atoms with van der Waals surface area (Å²) in [5.74, 6) is 2.16. The number of nitrogens with one attached hydrogen (secondary N) is 1. The summed E-state index contributed by atoms with van der Waals surface area (Å²) < 4.78 is 0. The first-order chi connectivity index (χ1) is 11.1. The van der Waals surface area contributed by atoms with Crippen LogP contribution in [0.3, 0.4) is 0 Å². The number of amides is 1. The lowest BCUT2D eigenvalue weighted by atomic mass is 9.64. The van der Waals surface area contributed by atoms with E-state index in [9.17, 15) is 10.1 Å². The van der Waals surface area contributed by atoms with Crippen LogP contribution in [0.5, 0.6) is 0 Å². The van der Waals surface area contributed by atoms with E-state index in [1.165, 1.54) is 30.6 Å². The standard InChI is InChI=1S/C18H23ClN2OS/c1-11-15(10-20)18(23-16(11)3-2-8-19)21-17(22)14-9-12-4-6-13(14)7-5-12/h12-14H,2-9H2,1H3,(H,21,22). The van der Waals surface area contributed by atoms with Gasteiger partial charge in [-0.2, -0.15) is 5.26 Å². The molecule has 5 heteroatoms. The Hall–Kier alpha value is -1.05. The molecule has 1 atom stereocenters. The number of rotatable bonds is 5. The van der Waals surface area contributed by atoms with E-state index in [0.29, 0.717) is 17.4 Å². The van der Waals surface area contributed by atoms with Crippen LogP contribution in [0.2, 0.25) is 0 Å². The molecule has 1 heterocycles. The second kappa shape index (κ2) is 7.23. The Morgan fingerprint density at radius 3 is 2.70 bits per heavy atom. The van der Waals surface area contributed by atoms with E-state index in [0.717, 1.165) is 35.7 Å². The molecule has 3 saturated carbocycles. The van der Waals surface area contributed by atoms with Crippen molar-refractivity contribution in [3.05, 3.63) is 16.0 Å². The molecule has 1 amide bonds.